The summed E-state index contributed by atoms with van der Waals surface area (Å²) in [6.07, 6.45) is 11.9. The predicted octanol–water partition coefficient (Wildman–Crippen LogP) is 2.64. The topological polar surface area (TPSA) is 21.3 Å². The summed E-state index contributed by atoms with van der Waals surface area (Å²) in [7, 11) is 0. The van der Waals surface area contributed by atoms with E-state index in [-0.39, 0.29) is 5.60 Å². The van der Waals surface area contributed by atoms with Crippen LogP contribution in [0.1, 0.15) is 45.4 Å². The highest BCUT2D eigenvalue weighted by Gasteiger charge is 2.42. The molecule has 1 saturated carbocycles. The van der Waals surface area contributed by atoms with Gasteiger partial charge in [0.1, 0.15) is 0 Å². The van der Waals surface area contributed by atoms with E-state index in [9.17, 15) is 0 Å². The Hall–Kier alpha value is -0.340. The number of hydrogen-bond donors (Lipinski definition) is 1. The van der Waals surface area contributed by atoms with Crippen LogP contribution in [0.4, 0.5) is 0 Å². The zero-order chi connectivity index (χ0) is 10.6. The summed E-state index contributed by atoms with van der Waals surface area (Å²) in [5, 5.41) is 3.65. The van der Waals surface area contributed by atoms with Gasteiger partial charge < -0.3 is 10.1 Å². The lowest BCUT2D eigenvalue weighted by Crippen LogP contribution is -2.51. The van der Waals surface area contributed by atoms with Crippen LogP contribution in [-0.4, -0.2) is 24.8 Å². The van der Waals surface area contributed by atoms with Gasteiger partial charge in [-0.2, -0.15) is 0 Å². The molecule has 1 heterocycles. The van der Waals surface area contributed by atoms with Crippen molar-refractivity contribution >= 4 is 0 Å². The molecule has 1 aliphatic carbocycles. The molecule has 2 nitrogen and oxygen atoms in total. The Morgan fingerprint density at radius 3 is 3.00 bits per heavy atom. The van der Waals surface area contributed by atoms with Crippen LogP contribution in [0.5, 0.6) is 0 Å². The Kier molecular flexibility index (Phi) is 3.81. The van der Waals surface area contributed by atoms with Gasteiger partial charge in [0.05, 0.1) is 5.60 Å². The number of ether oxygens (including phenoxy) is 1. The fourth-order valence-corrected chi connectivity index (χ4v) is 2.66. The van der Waals surface area contributed by atoms with Crippen molar-refractivity contribution in [1.82, 2.24) is 5.32 Å². The number of rotatable bonds is 4. The van der Waals surface area contributed by atoms with Crippen LogP contribution in [0.2, 0.25) is 0 Å². The maximum atomic E-state index is 5.91. The van der Waals surface area contributed by atoms with Crippen LogP contribution in [0, 0.1) is 0 Å². The molecule has 1 atom stereocenters. The first-order valence-corrected chi connectivity index (χ1v) is 6.33. The van der Waals surface area contributed by atoms with Gasteiger partial charge in [0.25, 0.3) is 0 Å². The molecule has 0 aromatic heterocycles. The minimum atomic E-state index is 0.288. The molecule has 1 saturated heterocycles. The monoisotopic (exact) mass is 209 g/mol. The second-order valence-corrected chi connectivity index (χ2v) is 4.89. The summed E-state index contributed by atoms with van der Waals surface area (Å²) >= 11 is 0. The molecule has 15 heavy (non-hydrogen) atoms. The average molecular weight is 209 g/mol. The van der Waals surface area contributed by atoms with Gasteiger partial charge in [0.2, 0.25) is 0 Å². The van der Waals surface area contributed by atoms with E-state index in [2.05, 4.69) is 24.4 Å². The van der Waals surface area contributed by atoms with Crippen LogP contribution in [0.3, 0.4) is 0 Å². The van der Waals surface area contributed by atoms with Crippen molar-refractivity contribution in [3.8, 4) is 0 Å². The van der Waals surface area contributed by atoms with Crippen molar-refractivity contribution in [3.05, 3.63) is 12.2 Å². The van der Waals surface area contributed by atoms with E-state index < -0.39 is 0 Å². The van der Waals surface area contributed by atoms with Gasteiger partial charge in [-0.1, -0.05) is 12.2 Å². The molecule has 1 N–H and O–H groups in total. The van der Waals surface area contributed by atoms with Crippen LogP contribution >= 0.6 is 0 Å². The van der Waals surface area contributed by atoms with Crippen molar-refractivity contribution in [3.63, 3.8) is 0 Å². The Bertz CT molecular complexity index is 221. The highest BCUT2D eigenvalue weighted by Crippen LogP contribution is 2.42. The summed E-state index contributed by atoms with van der Waals surface area (Å²) in [6.45, 7) is 4.16. The first-order valence-electron chi connectivity index (χ1n) is 6.33. The van der Waals surface area contributed by atoms with Gasteiger partial charge in [-0.05, 0) is 52.0 Å². The second kappa shape index (κ2) is 5.13. The summed E-state index contributed by atoms with van der Waals surface area (Å²) in [5.41, 5.74) is 0.288. The smallest absolute Gasteiger partial charge is 0.0697 e. The van der Waals surface area contributed by atoms with Crippen LogP contribution in [0.25, 0.3) is 0 Å². The first-order chi connectivity index (χ1) is 7.35. The van der Waals surface area contributed by atoms with Crippen molar-refractivity contribution in [2.24, 2.45) is 0 Å². The highest BCUT2D eigenvalue weighted by atomic mass is 16.5. The van der Waals surface area contributed by atoms with Crippen LogP contribution in [-0.2, 0) is 4.74 Å². The third-order valence-electron chi connectivity index (χ3n) is 3.74. The van der Waals surface area contributed by atoms with E-state index in [1.54, 1.807) is 0 Å². The Morgan fingerprint density at radius 2 is 2.33 bits per heavy atom. The molecular formula is C13H23NO. The van der Waals surface area contributed by atoms with Gasteiger partial charge in [0, 0.05) is 12.6 Å². The third kappa shape index (κ3) is 2.82. The number of allylic oxidation sites excluding steroid dienone is 1. The summed E-state index contributed by atoms with van der Waals surface area (Å²) in [4.78, 5) is 0. The lowest BCUT2D eigenvalue weighted by atomic mass is 9.74. The molecule has 0 amide bonds. The Morgan fingerprint density at radius 1 is 1.47 bits per heavy atom. The van der Waals surface area contributed by atoms with E-state index in [0.717, 1.165) is 19.6 Å². The van der Waals surface area contributed by atoms with Gasteiger partial charge in [-0.25, -0.2) is 0 Å². The van der Waals surface area contributed by atoms with E-state index in [4.69, 9.17) is 4.74 Å². The number of nitrogens with one attached hydrogen (secondary N) is 1. The lowest BCUT2D eigenvalue weighted by Gasteiger charge is -2.47. The molecule has 0 aromatic rings. The first kappa shape index (κ1) is 11.2. The summed E-state index contributed by atoms with van der Waals surface area (Å²) < 4.78 is 5.91. The molecular weight excluding hydrogens is 186 g/mol. The lowest BCUT2D eigenvalue weighted by molar-refractivity contribution is -0.135. The average Bonchev–Trinajstić information content (AvgIpc) is 2.23. The van der Waals surface area contributed by atoms with E-state index in [1.165, 1.54) is 32.1 Å². The molecule has 2 heteroatoms. The highest BCUT2D eigenvalue weighted by molar-refractivity contribution is 4.96. The Labute approximate surface area is 93.1 Å². The zero-order valence-corrected chi connectivity index (χ0v) is 9.80. The maximum Gasteiger partial charge on any atom is 0.0697 e. The van der Waals surface area contributed by atoms with Gasteiger partial charge >= 0.3 is 0 Å². The zero-order valence-electron chi connectivity index (χ0n) is 9.80. The predicted molar refractivity (Wildman–Crippen MR) is 63.0 cm³/mol. The molecule has 1 spiro atoms. The molecule has 1 unspecified atom stereocenters. The standard InChI is InChI=1S/C13H23NO/c1-2-3-4-9-14-12-6-10-15-13(11-12)7-5-8-13/h2-3,12,14H,4-11H2,1H3/b3-2+. The molecule has 0 bridgehead atoms. The van der Waals surface area contributed by atoms with E-state index in [0.29, 0.717) is 6.04 Å². The van der Waals surface area contributed by atoms with Crippen molar-refractivity contribution in [1.29, 1.82) is 0 Å². The largest absolute Gasteiger partial charge is 0.375 e. The van der Waals surface area contributed by atoms with E-state index >= 15 is 0 Å². The molecule has 1 aliphatic heterocycles. The van der Waals surface area contributed by atoms with Crippen molar-refractivity contribution in [2.45, 2.75) is 57.1 Å². The molecule has 2 fully saturated rings. The maximum absolute atomic E-state index is 5.91. The summed E-state index contributed by atoms with van der Waals surface area (Å²) in [6, 6.07) is 0.698. The van der Waals surface area contributed by atoms with Gasteiger partial charge in [-0.15, -0.1) is 0 Å². The van der Waals surface area contributed by atoms with Gasteiger partial charge in [-0.3, -0.25) is 0 Å². The molecule has 2 rings (SSSR count). The van der Waals surface area contributed by atoms with Gasteiger partial charge in [0.15, 0.2) is 0 Å². The normalized spacial score (nSPS) is 29.5. The fraction of sp³-hybridized carbons (Fsp3) is 0.846. The minimum absolute atomic E-state index is 0.288. The third-order valence-corrected chi connectivity index (χ3v) is 3.74. The van der Waals surface area contributed by atoms with Crippen molar-refractivity contribution in [2.75, 3.05) is 13.2 Å². The molecule has 0 radical (unpaired) electrons. The fourth-order valence-electron chi connectivity index (χ4n) is 2.66. The summed E-state index contributed by atoms with van der Waals surface area (Å²) in [5.74, 6) is 0. The second-order valence-electron chi connectivity index (χ2n) is 4.89. The minimum Gasteiger partial charge on any atom is -0.375 e. The molecule has 0 aromatic carbocycles. The van der Waals surface area contributed by atoms with Crippen LogP contribution < -0.4 is 5.32 Å². The number of hydrogen-bond acceptors (Lipinski definition) is 2. The quantitative estimate of drug-likeness (QED) is 0.567. The molecule has 2 aliphatic rings. The van der Waals surface area contributed by atoms with Crippen molar-refractivity contribution < 1.29 is 4.74 Å². The molecule has 86 valence electrons. The van der Waals surface area contributed by atoms with Crippen LogP contribution in [0.15, 0.2) is 12.2 Å². The SMILES string of the molecule is C/C=C/CCNC1CCOC2(CCC2)C1. The Balaban J connectivity index is 1.68. The van der Waals surface area contributed by atoms with E-state index in [1.807, 2.05) is 0 Å².